The van der Waals surface area contributed by atoms with E-state index in [-0.39, 0.29) is 101 Å². The fraction of sp³-hybridized carbons (Fsp3) is 0.667. The monoisotopic (exact) mass is 545 g/mol. The summed E-state index contributed by atoms with van der Waals surface area (Å²) in [4.78, 5) is 0. The van der Waals surface area contributed by atoms with Crippen molar-refractivity contribution in [2.75, 3.05) is 0 Å². The van der Waals surface area contributed by atoms with Gasteiger partial charge in [-0.1, -0.05) is 39.5 Å². The van der Waals surface area contributed by atoms with E-state index in [1.807, 2.05) is 0 Å². The Morgan fingerprint density at radius 2 is 0.933 bits per heavy atom. The van der Waals surface area contributed by atoms with Crippen LogP contribution >= 0.6 is 0 Å². The molecule has 0 N–H and O–H groups in total. The third kappa shape index (κ3) is 78.8. The average Bonchev–Trinajstić information content (AvgIpc) is 1.93. The van der Waals surface area contributed by atoms with E-state index in [2.05, 4.69) is 27.7 Å². The van der Waals surface area contributed by atoms with E-state index in [1.165, 1.54) is 25.7 Å². The summed E-state index contributed by atoms with van der Waals surface area (Å²) in [6, 6.07) is 0. The van der Waals surface area contributed by atoms with Crippen molar-refractivity contribution < 1.29 is 86.5 Å². The van der Waals surface area contributed by atoms with Crippen LogP contribution in [0.15, 0.2) is 0 Å². The first kappa shape index (κ1) is 43.0. The molecule has 0 aromatic carbocycles. The predicted octanol–water partition coefficient (Wildman–Crippen LogP) is 4.91. The molecule has 92 valence electrons. The normalized spacial score (nSPS) is 5.60. The van der Waals surface area contributed by atoms with Crippen LogP contribution < -0.4 is 0 Å². The minimum atomic E-state index is 0. The molecule has 15 heavy (non-hydrogen) atoms. The molecule has 0 aliphatic rings. The predicted molar refractivity (Wildman–Crippen MR) is 62.6 cm³/mol. The molecule has 0 saturated heterocycles. The fourth-order valence-electron chi connectivity index (χ4n) is 0.500. The van der Waals surface area contributed by atoms with Gasteiger partial charge in [0.2, 0.25) is 0 Å². The van der Waals surface area contributed by atoms with Gasteiger partial charge in [0.05, 0.1) is 0 Å². The van der Waals surface area contributed by atoms with Gasteiger partial charge in [-0.15, -0.1) is 0 Å². The molecule has 0 rings (SSSR count). The second-order valence-electron chi connectivity index (χ2n) is 2.41. The molecule has 0 spiro atoms. The van der Waals surface area contributed by atoms with Crippen molar-refractivity contribution >= 4 is 0 Å². The van der Waals surface area contributed by atoms with E-state index in [0.717, 1.165) is 12.8 Å². The van der Waals surface area contributed by atoms with Gasteiger partial charge in [0.15, 0.2) is 0 Å². The molecule has 0 bridgehead atoms. The fourth-order valence-corrected chi connectivity index (χ4v) is 0.500. The maximum absolute atomic E-state index is 3.68. The van der Waals surface area contributed by atoms with E-state index in [4.69, 9.17) is 0 Å². The Morgan fingerprint density at radius 1 is 0.733 bits per heavy atom. The van der Waals surface area contributed by atoms with Crippen molar-refractivity contribution in [3.05, 3.63) is 28.7 Å². The standard InChI is InChI=1S/2C5H11.2CH3.Pt.2Y/c2*1-3-5-4-2;;;;;/h2*1,3-5H2,2H3;2*1H3;;;/q4*-1;+4;;. The summed E-state index contributed by atoms with van der Waals surface area (Å²) in [7, 11) is 0. The van der Waals surface area contributed by atoms with E-state index in [9.17, 15) is 0 Å². The molecule has 0 saturated carbocycles. The van der Waals surface area contributed by atoms with Crippen molar-refractivity contribution in [1.82, 2.24) is 0 Å². The van der Waals surface area contributed by atoms with Gasteiger partial charge in [-0.2, -0.15) is 12.8 Å². The molecule has 0 nitrogen and oxygen atoms in total. The van der Waals surface area contributed by atoms with Gasteiger partial charge >= 0.3 is 21.1 Å². The molecule has 0 aromatic heterocycles. The van der Waals surface area contributed by atoms with Crippen LogP contribution in [0.5, 0.6) is 0 Å². The van der Waals surface area contributed by atoms with Crippen LogP contribution in [0.4, 0.5) is 0 Å². The van der Waals surface area contributed by atoms with E-state index < -0.39 is 0 Å². The van der Waals surface area contributed by atoms with Gasteiger partial charge < -0.3 is 28.7 Å². The van der Waals surface area contributed by atoms with E-state index in [0.29, 0.717) is 0 Å². The van der Waals surface area contributed by atoms with Gasteiger partial charge in [0, 0.05) is 65.4 Å². The summed E-state index contributed by atoms with van der Waals surface area (Å²) in [6.07, 6.45) is 7.31. The molecule has 0 atom stereocenters. The van der Waals surface area contributed by atoms with Crippen LogP contribution in [-0.2, 0) is 86.5 Å². The first-order valence-corrected chi connectivity index (χ1v) is 4.41. The average molecular weight is 545 g/mol. The van der Waals surface area contributed by atoms with Crippen molar-refractivity contribution in [1.29, 1.82) is 0 Å². The second-order valence-corrected chi connectivity index (χ2v) is 2.41. The zero-order valence-corrected chi connectivity index (χ0v) is 19.1. The zero-order valence-electron chi connectivity index (χ0n) is 11.1. The van der Waals surface area contributed by atoms with Gasteiger partial charge in [0.25, 0.3) is 0 Å². The Morgan fingerprint density at radius 3 is 0.933 bits per heavy atom. The Kier molecular flexibility index (Phi) is 155. The maximum Gasteiger partial charge on any atom is 4.00 e. The number of hydrogen-bond acceptors (Lipinski definition) is 0. The topological polar surface area (TPSA) is 0 Å². The van der Waals surface area contributed by atoms with E-state index in [1.54, 1.807) is 0 Å². The first-order chi connectivity index (χ1) is 4.83. The summed E-state index contributed by atoms with van der Waals surface area (Å²) in [5, 5.41) is 0. The van der Waals surface area contributed by atoms with Crippen molar-refractivity contribution in [3.8, 4) is 0 Å². The first-order valence-electron chi connectivity index (χ1n) is 4.41. The Labute approximate surface area is 165 Å². The number of hydrogen-bond donors (Lipinski definition) is 0. The van der Waals surface area contributed by atoms with Crippen LogP contribution in [0, 0.1) is 28.7 Å². The van der Waals surface area contributed by atoms with Gasteiger partial charge in [-0.3, -0.25) is 0 Å². The molecular formula is C12H28PtY2. The number of rotatable bonds is 4. The van der Waals surface area contributed by atoms with Gasteiger partial charge in [0.1, 0.15) is 0 Å². The summed E-state index contributed by atoms with van der Waals surface area (Å²) in [6.45, 7) is 11.7. The largest absolute Gasteiger partial charge is 4.00 e. The van der Waals surface area contributed by atoms with Crippen molar-refractivity contribution in [2.45, 2.75) is 52.4 Å². The second kappa shape index (κ2) is 53.9. The molecular weight excluding hydrogens is 517 g/mol. The molecule has 0 aromatic rings. The van der Waals surface area contributed by atoms with Crippen LogP contribution in [0.2, 0.25) is 0 Å². The summed E-state index contributed by atoms with van der Waals surface area (Å²) >= 11 is 0. The van der Waals surface area contributed by atoms with Crippen LogP contribution in [0.3, 0.4) is 0 Å². The molecule has 3 heteroatoms. The molecule has 0 unspecified atom stereocenters. The van der Waals surface area contributed by atoms with E-state index >= 15 is 0 Å². The summed E-state index contributed by atoms with van der Waals surface area (Å²) in [5.74, 6) is 0. The van der Waals surface area contributed by atoms with Gasteiger partial charge in [-0.05, 0) is 0 Å². The molecule has 0 aliphatic heterocycles. The smallest absolute Gasteiger partial charge is 0.358 e. The Bertz CT molecular complexity index is 34.6. The minimum absolute atomic E-state index is 0. The maximum atomic E-state index is 3.68. The van der Waals surface area contributed by atoms with Gasteiger partial charge in [-0.25, -0.2) is 0 Å². The van der Waals surface area contributed by atoms with Crippen LogP contribution in [-0.4, -0.2) is 0 Å². The molecule has 0 fully saturated rings. The van der Waals surface area contributed by atoms with Crippen molar-refractivity contribution in [3.63, 3.8) is 0 Å². The van der Waals surface area contributed by atoms with Crippen molar-refractivity contribution in [2.24, 2.45) is 0 Å². The zero-order chi connectivity index (χ0) is 8.24. The quantitative estimate of drug-likeness (QED) is 0.441. The molecule has 0 aliphatic carbocycles. The molecule has 2 radical (unpaired) electrons. The SMILES string of the molecule is [CH2-]CCCC.[CH2-]CCCC.[CH3-].[CH3-].[Pt+4].[Y].[Y]. The van der Waals surface area contributed by atoms with Crippen LogP contribution in [0.25, 0.3) is 0 Å². The third-order valence-corrected chi connectivity index (χ3v) is 1.21. The number of unbranched alkanes of at least 4 members (excludes halogenated alkanes) is 4. The Hall–Kier alpha value is 2.90. The summed E-state index contributed by atoms with van der Waals surface area (Å²) < 4.78 is 0. The molecule has 0 heterocycles. The van der Waals surface area contributed by atoms with Crippen LogP contribution in [0.1, 0.15) is 52.4 Å². The molecule has 0 amide bonds. The minimum Gasteiger partial charge on any atom is -0.358 e. The third-order valence-electron chi connectivity index (χ3n) is 1.21. The summed E-state index contributed by atoms with van der Waals surface area (Å²) in [5.41, 5.74) is 0. The Balaban J connectivity index is -0.0000000128.